The molecule has 104 valence electrons. The van der Waals surface area contributed by atoms with Gasteiger partial charge in [0.25, 0.3) is 0 Å². The van der Waals surface area contributed by atoms with Crippen molar-refractivity contribution in [3.63, 3.8) is 0 Å². The lowest BCUT2D eigenvalue weighted by Crippen LogP contribution is -2.51. The summed E-state index contributed by atoms with van der Waals surface area (Å²) < 4.78 is 0. The monoisotopic (exact) mass is 262 g/mol. The van der Waals surface area contributed by atoms with E-state index in [0.717, 1.165) is 32.2 Å². The molecule has 2 heterocycles. The molecule has 2 saturated heterocycles. The SMILES string of the molecule is C#CCC(CC)N1CCC(=O)N2CCCCC2C1=O. The van der Waals surface area contributed by atoms with Crippen LogP contribution in [0.4, 0.5) is 0 Å². The molecule has 4 nitrogen and oxygen atoms in total. The number of nitrogens with zero attached hydrogens (tertiary/aromatic N) is 2. The highest BCUT2D eigenvalue weighted by atomic mass is 16.2. The van der Waals surface area contributed by atoms with Crippen molar-refractivity contribution in [3.05, 3.63) is 0 Å². The van der Waals surface area contributed by atoms with Crippen molar-refractivity contribution in [2.75, 3.05) is 13.1 Å². The molecule has 0 saturated carbocycles. The second-order valence-electron chi connectivity index (χ2n) is 5.35. The van der Waals surface area contributed by atoms with Crippen LogP contribution in [0.15, 0.2) is 0 Å². The number of terminal acetylenes is 1. The fourth-order valence-corrected chi connectivity index (χ4v) is 3.12. The van der Waals surface area contributed by atoms with E-state index >= 15 is 0 Å². The Bertz CT molecular complexity index is 399. The largest absolute Gasteiger partial charge is 0.336 e. The fourth-order valence-electron chi connectivity index (χ4n) is 3.12. The molecule has 2 unspecified atom stereocenters. The van der Waals surface area contributed by atoms with E-state index in [4.69, 9.17) is 6.42 Å². The Labute approximate surface area is 115 Å². The Morgan fingerprint density at radius 1 is 1.37 bits per heavy atom. The van der Waals surface area contributed by atoms with Crippen LogP contribution in [0.1, 0.15) is 45.4 Å². The fraction of sp³-hybridized carbons (Fsp3) is 0.733. The summed E-state index contributed by atoms with van der Waals surface area (Å²) in [5, 5.41) is 0. The van der Waals surface area contributed by atoms with Gasteiger partial charge in [0.2, 0.25) is 11.8 Å². The van der Waals surface area contributed by atoms with Gasteiger partial charge >= 0.3 is 0 Å². The summed E-state index contributed by atoms with van der Waals surface area (Å²) in [6.07, 6.45) is 10.1. The zero-order chi connectivity index (χ0) is 13.8. The average molecular weight is 262 g/mol. The topological polar surface area (TPSA) is 40.6 Å². The van der Waals surface area contributed by atoms with E-state index in [1.54, 1.807) is 4.90 Å². The predicted octanol–water partition coefficient (Wildman–Crippen LogP) is 1.40. The second kappa shape index (κ2) is 6.10. The van der Waals surface area contributed by atoms with Gasteiger partial charge in [-0.2, -0.15) is 0 Å². The van der Waals surface area contributed by atoms with Crippen LogP contribution in [0.3, 0.4) is 0 Å². The maximum Gasteiger partial charge on any atom is 0.245 e. The molecule has 4 heteroatoms. The number of fused-ring (bicyclic) bond motifs is 1. The molecular weight excluding hydrogens is 240 g/mol. The lowest BCUT2D eigenvalue weighted by molar-refractivity contribution is -0.144. The summed E-state index contributed by atoms with van der Waals surface area (Å²) in [5.41, 5.74) is 0. The lowest BCUT2D eigenvalue weighted by atomic mass is 10.0. The lowest BCUT2D eigenvalue weighted by Gasteiger charge is -2.36. The second-order valence-corrected chi connectivity index (χ2v) is 5.35. The third-order valence-corrected chi connectivity index (χ3v) is 4.22. The molecule has 2 fully saturated rings. The van der Waals surface area contributed by atoms with E-state index in [9.17, 15) is 9.59 Å². The standard InChI is InChI=1S/C15H22N2O2/c1-3-7-12(4-2)16-11-9-14(18)17-10-6-5-8-13(17)15(16)19/h1,12-13H,4-11H2,2H3. The third kappa shape index (κ3) is 2.75. The van der Waals surface area contributed by atoms with Crippen LogP contribution in [-0.2, 0) is 9.59 Å². The van der Waals surface area contributed by atoms with Crippen LogP contribution < -0.4 is 0 Å². The van der Waals surface area contributed by atoms with E-state index in [-0.39, 0.29) is 23.9 Å². The van der Waals surface area contributed by atoms with Gasteiger partial charge in [-0.3, -0.25) is 9.59 Å². The van der Waals surface area contributed by atoms with E-state index in [0.29, 0.717) is 19.4 Å². The van der Waals surface area contributed by atoms with Gasteiger partial charge in [0, 0.05) is 32.0 Å². The molecule has 0 bridgehead atoms. The van der Waals surface area contributed by atoms with Crippen molar-refractivity contribution < 1.29 is 9.59 Å². The summed E-state index contributed by atoms with van der Waals surface area (Å²) in [6.45, 7) is 3.29. The maximum atomic E-state index is 12.7. The highest BCUT2D eigenvalue weighted by Gasteiger charge is 2.39. The average Bonchev–Trinajstić information content (AvgIpc) is 2.56. The molecule has 0 aromatic carbocycles. The Morgan fingerprint density at radius 3 is 2.84 bits per heavy atom. The van der Waals surface area contributed by atoms with Crippen LogP contribution in [0.25, 0.3) is 0 Å². The van der Waals surface area contributed by atoms with Gasteiger partial charge in [-0.25, -0.2) is 0 Å². The Balaban J connectivity index is 2.20. The first kappa shape index (κ1) is 13.9. The number of carbonyl (C=O) groups is 2. The molecule has 2 aliphatic rings. The highest BCUT2D eigenvalue weighted by Crippen LogP contribution is 2.25. The molecule has 2 aliphatic heterocycles. The van der Waals surface area contributed by atoms with Crippen molar-refractivity contribution >= 4 is 11.8 Å². The maximum absolute atomic E-state index is 12.7. The van der Waals surface area contributed by atoms with Crippen molar-refractivity contribution in [1.82, 2.24) is 9.80 Å². The highest BCUT2D eigenvalue weighted by molar-refractivity contribution is 5.90. The van der Waals surface area contributed by atoms with E-state index in [1.165, 1.54) is 0 Å². The minimum absolute atomic E-state index is 0.0761. The number of hydrogen-bond donors (Lipinski definition) is 0. The zero-order valence-corrected chi connectivity index (χ0v) is 11.6. The number of carbonyl (C=O) groups excluding carboxylic acids is 2. The Hall–Kier alpha value is -1.50. The quantitative estimate of drug-likeness (QED) is 0.721. The van der Waals surface area contributed by atoms with Crippen molar-refractivity contribution in [2.24, 2.45) is 0 Å². The van der Waals surface area contributed by atoms with Crippen molar-refractivity contribution in [2.45, 2.75) is 57.5 Å². The molecular formula is C15H22N2O2. The van der Waals surface area contributed by atoms with Crippen molar-refractivity contribution in [3.8, 4) is 12.3 Å². The zero-order valence-electron chi connectivity index (χ0n) is 11.6. The first-order chi connectivity index (χ1) is 9.19. The van der Waals surface area contributed by atoms with Gasteiger partial charge in [-0.1, -0.05) is 6.92 Å². The van der Waals surface area contributed by atoms with Gasteiger partial charge in [0.05, 0.1) is 0 Å². The number of rotatable bonds is 3. The number of piperidine rings is 1. The van der Waals surface area contributed by atoms with Gasteiger partial charge in [-0.05, 0) is 25.7 Å². The van der Waals surface area contributed by atoms with Crippen LogP contribution >= 0.6 is 0 Å². The Kier molecular flexibility index (Phi) is 4.47. The number of hydrogen-bond acceptors (Lipinski definition) is 2. The summed E-state index contributed by atoms with van der Waals surface area (Å²) in [4.78, 5) is 28.4. The molecule has 0 radical (unpaired) electrons. The molecule has 0 N–H and O–H groups in total. The molecule has 0 aromatic rings. The van der Waals surface area contributed by atoms with Crippen LogP contribution in [-0.4, -0.2) is 46.8 Å². The summed E-state index contributed by atoms with van der Waals surface area (Å²) in [5.74, 6) is 2.87. The molecule has 0 aromatic heterocycles. The predicted molar refractivity (Wildman–Crippen MR) is 73.2 cm³/mol. The molecule has 0 aliphatic carbocycles. The van der Waals surface area contributed by atoms with Crippen LogP contribution in [0.2, 0.25) is 0 Å². The van der Waals surface area contributed by atoms with Crippen molar-refractivity contribution in [1.29, 1.82) is 0 Å². The first-order valence-electron chi connectivity index (χ1n) is 7.22. The van der Waals surface area contributed by atoms with Gasteiger partial charge in [0.1, 0.15) is 6.04 Å². The van der Waals surface area contributed by atoms with E-state index in [2.05, 4.69) is 5.92 Å². The third-order valence-electron chi connectivity index (χ3n) is 4.22. The minimum atomic E-state index is -0.240. The van der Waals surface area contributed by atoms with Gasteiger partial charge < -0.3 is 9.80 Å². The molecule has 2 amide bonds. The summed E-state index contributed by atoms with van der Waals surface area (Å²) in [7, 11) is 0. The molecule has 0 spiro atoms. The van der Waals surface area contributed by atoms with E-state index < -0.39 is 0 Å². The molecule has 19 heavy (non-hydrogen) atoms. The minimum Gasteiger partial charge on any atom is -0.336 e. The van der Waals surface area contributed by atoms with E-state index in [1.807, 2.05) is 11.8 Å². The molecule has 2 rings (SSSR count). The van der Waals surface area contributed by atoms with Gasteiger partial charge in [-0.15, -0.1) is 12.3 Å². The first-order valence-corrected chi connectivity index (χ1v) is 7.22. The van der Waals surface area contributed by atoms with Gasteiger partial charge in [0.15, 0.2) is 0 Å². The van der Waals surface area contributed by atoms with Crippen LogP contribution in [0.5, 0.6) is 0 Å². The summed E-state index contributed by atoms with van der Waals surface area (Å²) in [6, 6.07) is -0.164. The smallest absolute Gasteiger partial charge is 0.245 e. The Morgan fingerprint density at radius 2 is 2.16 bits per heavy atom. The number of amides is 2. The van der Waals surface area contributed by atoms with Crippen LogP contribution in [0, 0.1) is 12.3 Å². The molecule has 2 atom stereocenters. The summed E-state index contributed by atoms with van der Waals surface area (Å²) >= 11 is 0. The normalized spacial score (nSPS) is 25.6.